The Kier molecular flexibility index (Phi) is 4.93. The van der Waals surface area contributed by atoms with Crippen molar-refractivity contribution in [2.75, 3.05) is 18.5 Å². The minimum atomic E-state index is -0.147. The molecule has 0 aliphatic heterocycles. The number of rotatable bonds is 6. The van der Waals surface area contributed by atoms with Crippen molar-refractivity contribution in [1.29, 1.82) is 0 Å². The highest BCUT2D eigenvalue weighted by molar-refractivity contribution is 7.09. The monoisotopic (exact) mass is 278 g/mol. The van der Waals surface area contributed by atoms with Gasteiger partial charge in [0.15, 0.2) is 0 Å². The maximum Gasteiger partial charge on any atom is 0.146 e. The highest BCUT2D eigenvalue weighted by Crippen LogP contribution is 2.23. The van der Waals surface area contributed by atoms with E-state index in [4.69, 9.17) is 0 Å². The first-order valence-corrected chi connectivity index (χ1v) is 7.33. The summed E-state index contributed by atoms with van der Waals surface area (Å²) in [7, 11) is 1.86. The Morgan fingerprint density at radius 3 is 2.74 bits per heavy atom. The molecule has 0 fully saturated rings. The van der Waals surface area contributed by atoms with Crippen molar-refractivity contribution >= 4 is 17.0 Å². The van der Waals surface area contributed by atoms with Crippen LogP contribution in [-0.2, 0) is 13.1 Å². The Hall–Kier alpha value is -1.39. The normalized spacial score (nSPS) is 10.7. The predicted octanol–water partition coefficient (Wildman–Crippen LogP) is 3.63. The number of anilines is 1. The summed E-state index contributed by atoms with van der Waals surface area (Å²) >= 11 is 1.70. The van der Waals surface area contributed by atoms with E-state index in [9.17, 15) is 4.39 Å². The van der Waals surface area contributed by atoms with Crippen LogP contribution in [0.2, 0.25) is 0 Å². The lowest BCUT2D eigenvalue weighted by molar-refractivity contribution is 0.614. The molecule has 2 aromatic rings. The van der Waals surface area contributed by atoms with Crippen molar-refractivity contribution in [1.82, 2.24) is 5.32 Å². The number of thiophene rings is 1. The van der Waals surface area contributed by atoms with Gasteiger partial charge in [-0.2, -0.15) is 0 Å². The van der Waals surface area contributed by atoms with Crippen LogP contribution in [0.15, 0.2) is 35.7 Å². The highest BCUT2D eigenvalue weighted by Gasteiger charge is 2.11. The number of halogens is 1. The fourth-order valence-corrected chi connectivity index (χ4v) is 2.80. The molecule has 0 aliphatic carbocycles. The van der Waals surface area contributed by atoms with Gasteiger partial charge in [-0.1, -0.05) is 12.1 Å². The zero-order valence-corrected chi connectivity index (χ0v) is 12.1. The fraction of sp³-hybridized carbons (Fsp3) is 0.333. The molecule has 4 heteroatoms. The van der Waals surface area contributed by atoms with Crippen molar-refractivity contribution < 1.29 is 4.39 Å². The highest BCUT2D eigenvalue weighted by atomic mass is 32.1. The van der Waals surface area contributed by atoms with Crippen molar-refractivity contribution in [2.24, 2.45) is 0 Å². The first-order valence-electron chi connectivity index (χ1n) is 6.45. The van der Waals surface area contributed by atoms with Gasteiger partial charge in [0.1, 0.15) is 5.82 Å². The lowest BCUT2D eigenvalue weighted by Gasteiger charge is -2.23. The first-order chi connectivity index (χ1) is 9.24. The summed E-state index contributed by atoms with van der Waals surface area (Å²) in [5.74, 6) is -0.147. The van der Waals surface area contributed by atoms with E-state index < -0.39 is 0 Å². The molecule has 0 amide bonds. The minimum absolute atomic E-state index is 0.147. The van der Waals surface area contributed by atoms with Crippen molar-refractivity contribution in [3.63, 3.8) is 0 Å². The van der Waals surface area contributed by atoms with E-state index in [1.54, 1.807) is 17.4 Å². The fourth-order valence-electron chi connectivity index (χ4n) is 2.08. The number of nitrogens with zero attached hydrogens (tertiary/aromatic N) is 1. The standard InChI is InChI=1S/C15H19FN2S/c1-3-18(11-13-5-4-8-19-13)15-7-6-12(10-17-2)9-14(15)16/h4-9,17H,3,10-11H2,1-2H3. The van der Waals surface area contributed by atoms with Crippen LogP contribution < -0.4 is 10.2 Å². The van der Waals surface area contributed by atoms with Gasteiger partial charge in [0.05, 0.1) is 12.2 Å². The van der Waals surface area contributed by atoms with Gasteiger partial charge in [-0.3, -0.25) is 0 Å². The first kappa shape index (κ1) is 14.0. The van der Waals surface area contributed by atoms with Gasteiger partial charge in [-0.25, -0.2) is 4.39 Å². The van der Waals surface area contributed by atoms with Crippen LogP contribution in [0.25, 0.3) is 0 Å². The topological polar surface area (TPSA) is 15.3 Å². The van der Waals surface area contributed by atoms with Crippen molar-refractivity contribution in [3.05, 3.63) is 52.0 Å². The van der Waals surface area contributed by atoms with Crippen LogP contribution in [0.4, 0.5) is 10.1 Å². The summed E-state index contributed by atoms with van der Waals surface area (Å²) in [5.41, 5.74) is 1.65. The average Bonchev–Trinajstić information content (AvgIpc) is 2.90. The smallest absolute Gasteiger partial charge is 0.146 e. The second-order valence-corrected chi connectivity index (χ2v) is 5.44. The Balaban J connectivity index is 2.18. The molecule has 1 N–H and O–H groups in total. The lowest BCUT2D eigenvalue weighted by Crippen LogP contribution is -2.22. The molecule has 2 nitrogen and oxygen atoms in total. The summed E-state index contributed by atoms with van der Waals surface area (Å²) in [6, 6.07) is 9.58. The third-order valence-corrected chi connectivity index (χ3v) is 3.90. The van der Waals surface area contributed by atoms with Crippen molar-refractivity contribution in [3.8, 4) is 0 Å². The van der Waals surface area contributed by atoms with Crippen LogP contribution >= 0.6 is 11.3 Å². The predicted molar refractivity (Wildman–Crippen MR) is 80.2 cm³/mol. The zero-order chi connectivity index (χ0) is 13.7. The van der Waals surface area contributed by atoms with E-state index in [0.29, 0.717) is 12.2 Å². The molecule has 102 valence electrons. The number of benzene rings is 1. The Morgan fingerprint density at radius 1 is 1.32 bits per heavy atom. The van der Waals surface area contributed by atoms with Gasteiger partial charge in [0.2, 0.25) is 0 Å². The van der Waals surface area contributed by atoms with Crippen LogP contribution in [0, 0.1) is 5.82 Å². The molecule has 0 saturated heterocycles. The molecule has 0 unspecified atom stereocenters. The molecule has 2 rings (SSSR count). The summed E-state index contributed by atoms with van der Waals surface area (Å²) in [5, 5.41) is 5.08. The molecule has 0 saturated carbocycles. The summed E-state index contributed by atoms with van der Waals surface area (Å²) < 4.78 is 14.2. The van der Waals surface area contributed by atoms with Gasteiger partial charge < -0.3 is 10.2 Å². The van der Waals surface area contributed by atoms with Crippen LogP contribution in [0.3, 0.4) is 0 Å². The van der Waals surface area contributed by atoms with E-state index in [0.717, 1.165) is 18.7 Å². The SMILES string of the molecule is CCN(Cc1cccs1)c1ccc(CNC)cc1F. The van der Waals surface area contributed by atoms with E-state index in [1.807, 2.05) is 25.2 Å². The summed E-state index contributed by atoms with van der Waals surface area (Å²) in [4.78, 5) is 3.31. The molecule has 1 aromatic heterocycles. The van der Waals surface area contributed by atoms with Crippen molar-refractivity contribution in [2.45, 2.75) is 20.0 Å². The summed E-state index contributed by atoms with van der Waals surface area (Å²) in [6.45, 7) is 4.29. The van der Waals surface area contributed by atoms with Gasteiger partial charge in [-0.05, 0) is 43.1 Å². The van der Waals surface area contributed by atoms with Gasteiger partial charge in [0.25, 0.3) is 0 Å². The molecular weight excluding hydrogens is 259 g/mol. The molecular formula is C15H19FN2S. The Bertz CT molecular complexity index is 511. The van der Waals surface area contributed by atoms with Gasteiger partial charge in [-0.15, -0.1) is 11.3 Å². The van der Waals surface area contributed by atoms with E-state index in [2.05, 4.69) is 28.6 Å². The van der Waals surface area contributed by atoms with E-state index >= 15 is 0 Å². The number of nitrogens with one attached hydrogen (secondary N) is 1. The van der Waals surface area contributed by atoms with Crippen LogP contribution in [0.1, 0.15) is 17.4 Å². The molecule has 0 spiro atoms. The molecule has 0 bridgehead atoms. The lowest BCUT2D eigenvalue weighted by atomic mass is 10.1. The molecule has 0 radical (unpaired) electrons. The maximum atomic E-state index is 14.2. The van der Waals surface area contributed by atoms with Gasteiger partial charge >= 0.3 is 0 Å². The number of hydrogen-bond donors (Lipinski definition) is 1. The van der Waals surface area contributed by atoms with Crippen LogP contribution in [-0.4, -0.2) is 13.6 Å². The molecule has 0 aliphatic rings. The second kappa shape index (κ2) is 6.68. The Morgan fingerprint density at radius 2 is 2.16 bits per heavy atom. The molecule has 0 atom stereocenters. The third kappa shape index (κ3) is 3.55. The second-order valence-electron chi connectivity index (χ2n) is 4.41. The minimum Gasteiger partial charge on any atom is -0.364 e. The molecule has 19 heavy (non-hydrogen) atoms. The largest absolute Gasteiger partial charge is 0.364 e. The Labute approximate surface area is 117 Å². The third-order valence-electron chi connectivity index (χ3n) is 3.04. The zero-order valence-electron chi connectivity index (χ0n) is 11.3. The van der Waals surface area contributed by atoms with E-state index in [-0.39, 0.29) is 5.82 Å². The maximum absolute atomic E-state index is 14.2. The summed E-state index contributed by atoms with van der Waals surface area (Å²) in [6.07, 6.45) is 0. The molecule has 1 heterocycles. The quantitative estimate of drug-likeness (QED) is 0.868. The number of hydrogen-bond acceptors (Lipinski definition) is 3. The average molecular weight is 278 g/mol. The van der Waals surface area contributed by atoms with Crippen LogP contribution in [0.5, 0.6) is 0 Å². The van der Waals surface area contributed by atoms with E-state index in [1.165, 1.54) is 4.88 Å². The molecule has 1 aromatic carbocycles. The van der Waals surface area contributed by atoms with Gasteiger partial charge in [0, 0.05) is 18.0 Å².